The van der Waals surface area contributed by atoms with E-state index in [1.807, 2.05) is 13.8 Å². The number of carbonyl (C=O) groups is 1. The van der Waals surface area contributed by atoms with E-state index in [1.54, 1.807) is 31.4 Å². The fourth-order valence-corrected chi connectivity index (χ4v) is 1.99. The molecular formula is C14H16N2O4. The van der Waals surface area contributed by atoms with E-state index in [2.05, 4.69) is 5.10 Å². The molecule has 0 saturated heterocycles. The van der Waals surface area contributed by atoms with Crippen LogP contribution in [0.25, 0.3) is 5.69 Å². The van der Waals surface area contributed by atoms with Gasteiger partial charge in [-0.2, -0.15) is 0 Å². The van der Waals surface area contributed by atoms with Gasteiger partial charge in [0.15, 0.2) is 0 Å². The van der Waals surface area contributed by atoms with Gasteiger partial charge in [0.1, 0.15) is 11.3 Å². The summed E-state index contributed by atoms with van der Waals surface area (Å²) < 4.78 is 6.28. The van der Waals surface area contributed by atoms with Crippen molar-refractivity contribution in [2.45, 2.75) is 19.8 Å². The van der Waals surface area contributed by atoms with E-state index in [0.29, 0.717) is 17.1 Å². The second kappa shape index (κ2) is 5.24. The number of ether oxygens (including phenoxy) is 1. The minimum absolute atomic E-state index is 0.0895. The van der Waals surface area contributed by atoms with Gasteiger partial charge in [-0.25, -0.2) is 9.48 Å². The molecule has 0 fully saturated rings. The van der Waals surface area contributed by atoms with Crippen LogP contribution in [0.4, 0.5) is 0 Å². The number of hydrogen-bond donors (Lipinski definition) is 2. The number of H-pyrrole nitrogens is 1. The van der Waals surface area contributed by atoms with Crippen LogP contribution in [-0.4, -0.2) is 28.0 Å². The summed E-state index contributed by atoms with van der Waals surface area (Å²) in [5, 5.41) is 12.1. The Kier molecular flexibility index (Phi) is 3.65. The summed E-state index contributed by atoms with van der Waals surface area (Å²) in [6.07, 6.45) is 0. The quantitative estimate of drug-likeness (QED) is 0.894. The molecule has 0 bridgehead atoms. The Balaban J connectivity index is 2.60. The van der Waals surface area contributed by atoms with Crippen molar-refractivity contribution in [2.24, 2.45) is 0 Å². The van der Waals surface area contributed by atoms with Gasteiger partial charge in [-0.15, -0.1) is 0 Å². The number of aromatic amines is 1. The molecule has 2 N–H and O–H groups in total. The molecule has 0 atom stereocenters. The first-order valence-electron chi connectivity index (χ1n) is 6.18. The van der Waals surface area contributed by atoms with Crippen LogP contribution in [0.3, 0.4) is 0 Å². The van der Waals surface area contributed by atoms with Crippen LogP contribution >= 0.6 is 0 Å². The van der Waals surface area contributed by atoms with E-state index in [-0.39, 0.29) is 11.5 Å². The molecular weight excluding hydrogens is 260 g/mol. The molecule has 20 heavy (non-hydrogen) atoms. The molecule has 0 spiro atoms. The van der Waals surface area contributed by atoms with Gasteiger partial charge in [0, 0.05) is 0 Å². The molecule has 2 aromatic rings. The summed E-state index contributed by atoms with van der Waals surface area (Å²) >= 11 is 0. The number of hydrogen-bond acceptors (Lipinski definition) is 3. The van der Waals surface area contributed by atoms with Crippen LogP contribution in [0.15, 0.2) is 29.1 Å². The third kappa shape index (κ3) is 2.32. The molecule has 6 nitrogen and oxygen atoms in total. The van der Waals surface area contributed by atoms with Crippen molar-refractivity contribution in [3.05, 3.63) is 45.9 Å². The van der Waals surface area contributed by atoms with E-state index < -0.39 is 11.5 Å². The highest BCUT2D eigenvalue weighted by Crippen LogP contribution is 2.18. The Morgan fingerprint density at radius 1 is 1.30 bits per heavy atom. The molecule has 1 aromatic heterocycles. The molecule has 1 aromatic carbocycles. The summed E-state index contributed by atoms with van der Waals surface area (Å²) in [5.74, 6) is -0.647. The lowest BCUT2D eigenvalue weighted by Gasteiger charge is -2.05. The third-order valence-electron chi connectivity index (χ3n) is 3.04. The van der Waals surface area contributed by atoms with Gasteiger partial charge >= 0.3 is 5.97 Å². The molecule has 2 rings (SSSR count). The van der Waals surface area contributed by atoms with Crippen LogP contribution in [0.1, 0.15) is 35.8 Å². The zero-order valence-corrected chi connectivity index (χ0v) is 11.5. The standard InChI is InChI=1S/C14H16N2O4/c1-8(2)12-11(14(18)19)13(17)16(15-12)9-4-6-10(20-3)7-5-9/h4-8,15H,1-3H3,(H,18,19). The lowest BCUT2D eigenvalue weighted by atomic mass is 10.1. The highest BCUT2D eigenvalue weighted by molar-refractivity contribution is 5.88. The van der Waals surface area contributed by atoms with Gasteiger partial charge in [0.25, 0.3) is 5.56 Å². The van der Waals surface area contributed by atoms with Crippen LogP contribution in [0.5, 0.6) is 5.75 Å². The number of nitrogens with one attached hydrogen (secondary N) is 1. The van der Waals surface area contributed by atoms with Crippen LogP contribution < -0.4 is 10.3 Å². The fourth-order valence-electron chi connectivity index (χ4n) is 1.99. The highest BCUT2D eigenvalue weighted by atomic mass is 16.5. The Hall–Kier alpha value is -2.50. The van der Waals surface area contributed by atoms with Gasteiger partial charge < -0.3 is 9.84 Å². The van der Waals surface area contributed by atoms with E-state index in [1.165, 1.54) is 4.68 Å². The maximum atomic E-state index is 12.2. The zero-order valence-electron chi connectivity index (χ0n) is 11.5. The first-order valence-corrected chi connectivity index (χ1v) is 6.18. The molecule has 0 saturated carbocycles. The summed E-state index contributed by atoms with van der Waals surface area (Å²) in [6.45, 7) is 3.66. The van der Waals surface area contributed by atoms with E-state index >= 15 is 0 Å². The lowest BCUT2D eigenvalue weighted by Crippen LogP contribution is -2.20. The molecule has 0 unspecified atom stereocenters. The van der Waals surface area contributed by atoms with E-state index in [9.17, 15) is 14.7 Å². The maximum absolute atomic E-state index is 12.2. The molecule has 1 heterocycles. The highest BCUT2D eigenvalue weighted by Gasteiger charge is 2.22. The van der Waals surface area contributed by atoms with Gasteiger partial charge in [-0.05, 0) is 30.2 Å². The molecule has 0 aliphatic heterocycles. The SMILES string of the molecule is COc1ccc(-n2[nH]c(C(C)C)c(C(=O)O)c2=O)cc1. The molecule has 106 valence electrons. The normalized spacial score (nSPS) is 10.8. The molecule has 0 aliphatic carbocycles. The van der Waals surface area contributed by atoms with Crippen LogP contribution in [0, 0.1) is 0 Å². The fraction of sp³-hybridized carbons (Fsp3) is 0.286. The van der Waals surface area contributed by atoms with E-state index in [0.717, 1.165) is 0 Å². The lowest BCUT2D eigenvalue weighted by molar-refractivity contribution is 0.0694. The number of aromatic carboxylic acids is 1. The smallest absolute Gasteiger partial charge is 0.343 e. The van der Waals surface area contributed by atoms with Crippen molar-refractivity contribution in [3.63, 3.8) is 0 Å². The molecule has 6 heteroatoms. The molecule has 0 aliphatic rings. The number of nitrogens with zero attached hydrogens (tertiary/aromatic N) is 1. The van der Waals surface area contributed by atoms with Crippen LogP contribution in [-0.2, 0) is 0 Å². The summed E-state index contributed by atoms with van der Waals surface area (Å²) in [4.78, 5) is 23.4. The average Bonchev–Trinajstić information content (AvgIpc) is 2.77. The topological polar surface area (TPSA) is 84.3 Å². The van der Waals surface area contributed by atoms with Gasteiger partial charge in [0.2, 0.25) is 0 Å². The second-order valence-electron chi connectivity index (χ2n) is 4.70. The average molecular weight is 276 g/mol. The Morgan fingerprint density at radius 3 is 2.30 bits per heavy atom. The first-order chi connectivity index (χ1) is 9.45. The molecule has 0 amide bonds. The van der Waals surface area contributed by atoms with Gasteiger partial charge in [-0.3, -0.25) is 9.89 Å². The first kappa shape index (κ1) is 13.9. The minimum Gasteiger partial charge on any atom is -0.497 e. The maximum Gasteiger partial charge on any atom is 0.343 e. The van der Waals surface area contributed by atoms with Crippen LogP contribution in [0.2, 0.25) is 0 Å². The monoisotopic (exact) mass is 276 g/mol. The van der Waals surface area contributed by atoms with Crippen molar-refractivity contribution >= 4 is 5.97 Å². The Labute approximate surface area is 115 Å². The second-order valence-corrected chi connectivity index (χ2v) is 4.70. The van der Waals surface area contributed by atoms with Crippen molar-refractivity contribution in [2.75, 3.05) is 7.11 Å². The molecule has 0 radical (unpaired) electrons. The largest absolute Gasteiger partial charge is 0.497 e. The number of methoxy groups -OCH3 is 1. The van der Waals surface area contributed by atoms with Crippen molar-refractivity contribution in [1.29, 1.82) is 0 Å². The number of benzene rings is 1. The summed E-state index contributed by atoms with van der Waals surface area (Å²) in [5.41, 5.74) is 0.200. The number of rotatable bonds is 4. The van der Waals surface area contributed by atoms with Crippen molar-refractivity contribution < 1.29 is 14.6 Å². The predicted molar refractivity (Wildman–Crippen MR) is 74.0 cm³/mol. The van der Waals surface area contributed by atoms with Gasteiger partial charge in [-0.1, -0.05) is 13.8 Å². The van der Waals surface area contributed by atoms with Crippen molar-refractivity contribution in [3.8, 4) is 11.4 Å². The predicted octanol–water partition coefficient (Wildman–Crippen LogP) is 2.00. The minimum atomic E-state index is -1.22. The third-order valence-corrected chi connectivity index (χ3v) is 3.04. The Morgan fingerprint density at radius 2 is 1.90 bits per heavy atom. The number of carboxylic acid groups (broad SMARTS) is 1. The van der Waals surface area contributed by atoms with Gasteiger partial charge in [0.05, 0.1) is 18.5 Å². The van der Waals surface area contributed by atoms with E-state index in [4.69, 9.17) is 4.74 Å². The number of aromatic nitrogens is 2. The van der Waals surface area contributed by atoms with Crippen molar-refractivity contribution in [1.82, 2.24) is 9.78 Å². The summed E-state index contributed by atoms with van der Waals surface area (Å²) in [6, 6.07) is 6.79. The zero-order chi connectivity index (χ0) is 14.9. The summed E-state index contributed by atoms with van der Waals surface area (Å²) in [7, 11) is 1.55. The number of carboxylic acids is 1. The Bertz CT molecular complexity index is 680.